The van der Waals surface area contributed by atoms with Crippen molar-refractivity contribution in [3.63, 3.8) is 0 Å². The van der Waals surface area contributed by atoms with Crippen LogP contribution in [0.1, 0.15) is 12.8 Å². The van der Waals surface area contributed by atoms with Crippen molar-refractivity contribution in [2.24, 2.45) is 0 Å². The quantitative estimate of drug-likeness (QED) is 0.902. The van der Waals surface area contributed by atoms with Crippen LogP contribution in [0.4, 0.5) is 11.4 Å². The Balaban J connectivity index is 1.55. The van der Waals surface area contributed by atoms with E-state index >= 15 is 0 Å². The molecule has 0 radical (unpaired) electrons. The Bertz CT molecular complexity index is 667. The second-order valence-electron chi connectivity index (χ2n) is 5.54. The maximum Gasteiger partial charge on any atom is 0.262 e. The van der Waals surface area contributed by atoms with Gasteiger partial charge in [-0.05, 0) is 55.3 Å². The summed E-state index contributed by atoms with van der Waals surface area (Å²) in [6.45, 7) is 2.13. The number of anilines is 2. The number of amides is 1. The minimum Gasteiger partial charge on any atom is -0.484 e. The van der Waals surface area contributed by atoms with Gasteiger partial charge in [-0.2, -0.15) is 0 Å². The molecule has 0 saturated carbocycles. The second kappa shape index (κ2) is 7.38. The third kappa shape index (κ3) is 4.39. The fourth-order valence-electron chi connectivity index (χ4n) is 2.63. The zero-order valence-corrected chi connectivity index (χ0v) is 13.6. The Kier molecular flexibility index (Phi) is 5.03. The molecule has 2 aromatic carbocycles. The lowest BCUT2D eigenvalue weighted by Gasteiger charge is -2.18. The number of benzene rings is 2. The molecule has 1 heterocycles. The van der Waals surface area contributed by atoms with Gasteiger partial charge < -0.3 is 15.0 Å². The Hall–Kier alpha value is -2.20. The van der Waals surface area contributed by atoms with E-state index in [1.807, 2.05) is 18.2 Å². The average Bonchev–Trinajstić information content (AvgIpc) is 3.09. The highest BCUT2D eigenvalue weighted by atomic mass is 35.5. The largest absolute Gasteiger partial charge is 0.484 e. The molecule has 120 valence electrons. The lowest BCUT2D eigenvalue weighted by molar-refractivity contribution is -0.118. The Morgan fingerprint density at radius 2 is 1.87 bits per heavy atom. The molecule has 0 atom stereocenters. The van der Waals surface area contributed by atoms with Gasteiger partial charge in [-0.25, -0.2) is 0 Å². The van der Waals surface area contributed by atoms with Crippen LogP contribution in [-0.2, 0) is 4.79 Å². The summed E-state index contributed by atoms with van der Waals surface area (Å²) in [5, 5.41) is 3.51. The summed E-state index contributed by atoms with van der Waals surface area (Å²) >= 11 is 5.81. The molecule has 0 spiro atoms. The first-order valence-corrected chi connectivity index (χ1v) is 8.12. The van der Waals surface area contributed by atoms with Crippen LogP contribution in [0.3, 0.4) is 0 Å². The fourth-order valence-corrected chi connectivity index (χ4v) is 2.76. The third-order valence-corrected chi connectivity index (χ3v) is 4.04. The van der Waals surface area contributed by atoms with Crippen LogP contribution in [0.5, 0.6) is 5.75 Å². The smallest absolute Gasteiger partial charge is 0.262 e. The van der Waals surface area contributed by atoms with Crippen LogP contribution < -0.4 is 15.0 Å². The fraction of sp³-hybridized carbons (Fsp3) is 0.278. The average molecular weight is 331 g/mol. The van der Waals surface area contributed by atoms with E-state index in [4.69, 9.17) is 16.3 Å². The van der Waals surface area contributed by atoms with E-state index in [0.717, 1.165) is 24.5 Å². The number of ether oxygens (including phenoxy) is 1. The maximum atomic E-state index is 12.0. The van der Waals surface area contributed by atoms with Gasteiger partial charge in [0.25, 0.3) is 5.91 Å². The molecule has 0 unspecified atom stereocenters. The lowest BCUT2D eigenvalue weighted by atomic mass is 10.2. The highest BCUT2D eigenvalue weighted by Gasteiger charge is 2.13. The van der Waals surface area contributed by atoms with Gasteiger partial charge in [-0.1, -0.05) is 17.7 Å². The van der Waals surface area contributed by atoms with Crippen molar-refractivity contribution in [1.29, 1.82) is 0 Å². The van der Waals surface area contributed by atoms with Crippen molar-refractivity contribution in [2.45, 2.75) is 12.8 Å². The summed E-state index contributed by atoms with van der Waals surface area (Å²) in [5.41, 5.74) is 1.94. The summed E-state index contributed by atoms with van der Waals surface area (Å²) < 4.78 is 5.44. The van der Waals surface area contributed by atoms with Crippen LogP contribution in [0, 0.1) is 0 Å². The van der Waals surface area contributed by atoms with Crippen LogP contribution >= 0.6 is 11.6 Å². The van der Waals surface area contributed by atoms with E-state index in [1.165, 1.54) is 12.8 Å². The molecule has 1 amide bonds. The minimum atomic E-state index is -0.182. The zero-order valence-electron chi connectivity index (χ0n) is 12.8. The molecule has 1 saturated heterocycles. The van der Waals surface area contributed by atoms with Crippen molar-refractivity contribution in [2.75, 3.05) is 29.9 Å². The van der Waals surface area contributed by atoms with E-state index in [-0.39, 0.29) is 12.5 Å². The maximum absolute atomic E-state index is 12.0. The highest BCUT2D eigenvalue weighted by molar-refractivity contribution is 6.30. The number of nitrogens with zero attached hydrogens (tertiary/aromatic N) is 1. The van der Waals surface area contributed by atoms with Gasteiger partial charge in [0.2, 0.25) is 0 Å². The number of nitrogens with one attached hydrogen (secondary N) is 1. The van der Waals surface area contributed by atoms with Gasteiger partial charge in [0.15, 0.2) is 6.61 Å². The van der Waals surface area contributed by atoms with Crippen molar-refractivity contribution < 1.29 is 9.53 Å². The summed E-state index contributed by atoms with van der Waals surface area (Å²) in [6, 6.07) is 14.9. The van der Waals surface area contributed by atoms with Gasteiger partial charge >= 0.3 is 0 Å². The first-order valence-electron chi connectivity index (χ1n) is 7.74. The molecule has 3 rings (SSSR count). The molecule has 1 aliphatic rings. The monoisotopic (exact) mass is 330 g/mol. The van der Waals surface area contributed by atoms with Crippen LogP contribution in [0.25, 0.3) is 0 Å². The van der Waals surface area contributed by atoms with E-state index in [2.05, 4.69) is 16.3 Å². The molecule has 2 aromatic rings. The normalized spacial score (nSPS) is 13.9. The molecule has 1 aliphatic heterocycles. The highest BCUT2D eigenvalue weighted by Crippen LogP contribution is 2.23. The second-order valence-corrected chi connectivity index (χ2v) is 5.97. The van der Waals surface area contributed by atoms with E-state index < -0.39 is 0 Å². The summed E-state index contributed by atoms with van der Waals surface area (Å²) in [5.74, 6) is 0.439. The van der Waals surface area contributed by atoms with E-state index in [9.17, 15) is 4.79 Å². The van der Waals surface area contributed by atoms with Crippen LogP contribution in [-0.4, -0.2) is 25.6 Å². The topological polar surface area (TPSA) is 41.6 Å². The van der Waals surface area contributed by atoms with E-state index in [1.54, 1.807) is 24.3 Å². The molecule has 1 fully saturated rings. The molecular weight excluding hydrogens is 312 g/mol. The third-order valence-electron chi connectivity index (χ3n) is 3.78. The first-order chi connectivity index (χ1) is 11.2. The Morgan fingerprint density at radius 3 is 2.61 bits per heavy atom. The van der Waals surface area contributed by atoms with Crippen LogP contribution in [0.15, 0.2) is 48.5 Å². The molecule has 5 heteroatoms. The summed E-state index contributed by atoms with van der Waals surface area (Å²) in [7, 11) is 0. The Labute approximate surface area is 141 Å². The first kappa shape index (κ1) is 15.7. The summed E-state index contributed by atoms with van der Waals surface area (Å²) in [6.07, 6.45) is 2.46. The summed E-state index contributed by atoms with van der Waals surface area (Å²) in [4.78, 5) is 14.3. The van der Waals surface area contributed by atoms with Gasteiger partial charge in [-0.3, -0.25) is 4.79 Å². The van der Waals surface area contributed by atoms with Crippen molar-refractivity contribution in [3.05, 3.63) is 53.6 Å². The van der Waals surface area contributed by atoms with Crippen LogP contribution in [0.2, 0.25) is 5.02 Å². The number of rotatable bonds is 5. The van der Waals surface area contributed by atoms with E-state index in [0.29, 0.717) is 10.8 Å². The predicted octanol–water partition coefficient (Wildman–Crippen LogP) is 3.96. The molecule has 0 aliphatic carbocycles. The van der Waals surface area contributed by atoms with Gasteiger partial charge in [0, 0.05) is 29.5 Å². The molecule has 0 bridgehead atoms. The van der Waals surface area contributed by atoms with Crippen molar-refractivity contribution in [1.82, 2.24) is 0 Å². The molecule has 23 heavy (non-hydrogen) atoms. The Morgan fingerprint density at radius 1 is 1.13 bits per heavy atom. The number of hydrogen-bond acceptors (Lipinski definition) is 3. The van der Waals surface area contributed by atoms with Crippen molar-refractivity contribution in [3.8, 4) is 5.75 Å². The molecule has 4 nitrogen and oxygen atoms in total. The van der Waals surface area contributed by atoms with Gasteiger partial charge in [0.05, 0.1) is 0 Å². The number of carbonyl (C=O) groups excluding carboxylic acids is 1. The molecule has 1 N–H and O–H groups in total. The van der Waals surface area contributed by atoms with Crippen molar-refractivity contribution >= 4 is 28.9 Å². The van der Waals surface area contributed by atoms with Gasteiger partial charge in [-0.15, -0.1) is 0 Å². The van der Waals surface area contributed by atoms with Gasteiger partial charge in [0.1, 0.15) is 5.75 Å². The number of halogens is 1. The zero-order chi connectivity index (χ0) is 16.1. The molecule has 0 aromatic heterocycles. The number of hydrogen-bond donors (Lipinski definition) is 1. The minimum absolute atomic E-state index is 0.0322. The standard InChI is InChI=1S/C18H19ClN2O2/c19-14-6-8-17(9-7-14)23-13-18(22)20-15-4-3-5-16(12-15)21-10-1-2-11-21/h3-9,12H,1-2,10-11,13H2,(H,20,22). The predicted molar refractivity (Wildman–Crippen MR) is 93.5 cm³/mol. The molecular formula is C18H19ClN2O2. The number of carbonyl (C=O) groups is 1. The SMILES string of the molecule is O=C(COc1ccc(Cl)cc1)Nc1cccc(N2CCCC2)c1. The lowest BCUT2D eigenvalue weighted by Crippen LogP contribution is -2.21.